The highest BCUT2D eigenvalue weighted by Crippen LogP contribution is 2.40. The quantitative estimate of drug-likeness (QED) is 0.216. The summed E-state index contributed by atoms with van der Waals surface area (Å²) >= 11 is 0. The number of amides is 2. The van der Waals surface area contributed by atoms with E-state index in [4.69, 9.17) is 0 Å². The molecule has 2 aromatic carbocycles. The Bertz CT molecular complexity index is 1880. The normalized spacial score (nSPS) is 16.5. The molecule has 2 N–H and O–H groups in total. The molecule has 0 saturated heterocycles. The van der Waals surface area contributed by atoms with Crippen molar-refractivity contribution < 1.29 is 9.59 Å². The molecule has 2 amide bonds. The van der Waals surface area contributed by atoms with Gasteiger partial charge in [-0.15, -0.1) is 10.2 Å². The van der Waals surface area contributed by atoms with Gasteiger partial charge < -0.3 is 19.8 Å². The van der Waals surface area contributed by atoms with Gasteiger partial charge in [-0.3, -0.25) is 9.59 Å². The van der Waals surface area contributed by atoms with Gasteiger partial charge in [0.15, 0.2) is 11.6 Å². The van der Waals surface area contributed by atoms with E-state index >= 15 is 0 Å². The Kier molecular flexibility index (Phi) is 8.00. The van der Waals surface area contributed by atoms with E-state index in [-0.39, 0.29) is 36.5 Å². The molecular formula is C36H36N8O2. The second kappa shape index (κ2) is 12.5. The summed E-state index contributed by atoms with van der Waals surface area (Å²) in [4.78, 5) is 25.6. The van der Waals surface area contributed by atoms with Gasteiger partial charge in [0.1, 0.15) is 0 Å². The number of aromatic nitrogens is 6. The van der Waals surface area contributed by atoms with Crippen LogP contribution < -0.4 is 10.6 Å². The Morgan fingerprint density at radius 2 is 1.11 bits per heavy atom. The molecule has 4 heterocycles. The predicted octanol–water partition coefficient (Wildman–Crippen LogP) is 6.05. The van der Waals surface area contributed by atoms with Gasteiger partial charge >= 0.3 is 0 Å². The second-order valence-electron chi connectivity index (χ2n) is 12.3. The van der Waals surface area contributed by atoms with Crippen molar-refractivity contribution >= 4 is 45.3 Å². The number of fused-ring (bicyclic) bond motifs is 2. The monoisotopic (exact) mass is 612 g/mol. The number of aryl methyl sites for hydroxylation is 2. The molecule has 46 heavy (non-hydrogen) atoms. The molecule has 2 atom stereocenters. The first kappa shape index (κ1) is 29.3. The van der Waals surface area contributed by atoms with Gasteiger partial charge in [0.2, 0.25) is 11.8 Å². The van der Waals surface area contributed by atoms with E-state index in [1.165, 1.54) is 0 Å². The van der Waals surface area contributed by atoms with Crippen LogP contribution in [0.15, 0.2) is 85.2 Å². The lowest BCUT2D eigenvalue weighted by atomic mass is 9.78. The molecule has 1 saturated carbocycles. The highest BCUT2D eigenvalue weighted by atomic mass is 16.2. The number of hydrogen-bond donors (Lipinski definition) is 2. The number of carbonyl (C=O) groups is 2. The van der Waals surface area contributed by atoms with E-state index in [9.17, 15) is 9.59 Å². The molecule has 232 valence electrons. The van der Waals surface area contributed by atoms with Crippen LogP contribution in [0.5, 0.6) is 0 Å². The first-order chi connectivity index (χ1) is 22.4. The molecule has 1 aliphatic carbocycles. The van der Waals surface area contributed by atoms with E-state index < -0.39 is 0 Å². The van der Waals surface area contributed by atoms with E-state index in [0.29, 0.717) is 11.6 Å². The predicted molar refractivity (Wildman–Crippen MR) is 179 cm³/mol. The number of nitrogens with one attached hydrogen (secondary N) is 2. The topological polar surface area (TPSA) is 120 Å². The second-order valence-corrected chi connectivity index (χ2v) is 12.3. The summed E-state index contributed by atoms with van der Waals surface area (Å²) in [6, 6.07) is 23.7. The summed E-state index contributed by atoms with van der Waals surface area (Å²) in [5.74, 6) is 1.14. The third-order valence-corrected chi connectivity index (χ3v) is 9.08. The molecule has 10 heteroatoms. The summed E-state index contributed by atoms with van der Waals surface area (Å²) in [5, 5.41) is 25.6. The van der Waals surface area contributed by atoms with Crippen molar-refractivity contribution in [2.24, 2.45) is 14.1 Å². The van der Waals surface area contributed by atoms with Crippen LogP contribution in [-0.2, 0) is 36.5 Å². The van der Waals surface area contributed by atoms with Gasteiger partial charge in [0.25, 0.3) is 0 Å². The van der Waals surface area contributed by atoms with Crippen molar-refractivity contribution in [1.82, 2.24) is 29.5 Å². The fraction of sp³-hybridized carbons (Fsp3) is 0.278. The Balaban J connectivity index is 0.938. The molecular weight excluding hydrogens is 576 g/mol. The minimum absolute atomic E-state index is 0.122. The van der Waals surface area contributed by atoms with Gasteiger partial charge in [0.05, 0.1) is 24.2 Å². The fourth-order valence-corrected chi connectivity index (χ4v) is 6.83. The number of carbonyl (C=O) groups excluding carboxylic acids is 2. The van der Waals surface area contributed by atoms with Gasteiger partial charge in [-0.1, -0.05) is 42.8 Å². The fourth-order valence-electron chi connectivity index (χ4n) is 6.83. The number of rotatable bonds is 8. The van der Waals surface area contributed by atoms with Crippen LogP contribution in [-0.4, -0.2) is 41.3 Å². The van der Waals surface area contributed by atoms with Crippen LogP contribution in [0.3, 0.4) is 0 Å². The van der Waals surface area contributed by atoms with Crippen LogP contribution in [0.4, 0.5) is 11.6 Å². The summed E-state index contributed by atoms with van der Waals surface area (Å²) in [5.41, 5.74) is 5.99. The standard InChI is InChI=1S/C36H36N8O2/c1-43-21-25(27-10-3-5-12-31(27)43)19-35(45)37-33-16-14-29(39-41-33)23-8-7-9-24(18-23)30-15-17-34(42-40-30)38-36(46)20-26-22-44(2)32-13-6-4-11-28(26)32/h3-6,10-17,21-24H,7-9,18-20H2,1-2H3,(H,37,41,45)(H,38,42,46)/t23-,24+. The molecule has 6 aromatic rings. The minimum Gasteiger partial charge on any atom is -0.350 e. The zero-order valence-corrected chi connectivity index (χ0v) is 26.0. The van der Waals surface area contributed by atoms with Crippen LogP contribution in [0.1, 0.15) is 60.0 Å². The van der Waals surface area contributed by atoms with Crippen molar-refractivity contribution in [3.05, 3.63) is 108 Å². The largest absolute Gasteiger partial charge is 0.350 e. The van der Waals surface area contributed by atoms with Crippen molar-refractivity contribution in [1.29, 1.82) is 0 Å². The number of nitrogens with zero attached hydrogens (tertiary/aromatic N) is 6. The lowest BCUT2D eigenvalue weighted by molar-refractivity contribution is -0.116. The van der Waals surface area contributed by atoms with Gasteiger partial charge in [-0.05, 0) is 66.8 Å². The smallest absolute Gasteiger partial charge is 0.230 e. The van der Waals surface area contributed by atoms with Gasteiger partial charge in [-0.25, -0.2) is 0 Å². The Morgan fingerprint density at radius 1 is 0.652 bits per heavy atom. The Morgan fingerprint density at radius 3 is 1.54 bits per heavy atom. The van der Waals surface area contributed by atoms with E-state index in [0.717, 1.165) is 70.0 Å². The first-order valence-electron chi connectivity index (χ1n) is 15.7. The van der Waals surface area contributed by atoms with Crippen molar-refractivity contribution in [2.75, 3.05) is 10.6 Å². The summed E-state index contributed by atoms with van der Waals surface area (Å²) in [6.45, 7) is 0. The summed E-state index contributed by atoms with van der Waals surface area (Å²) < 4.78 is 4.08. The van der Waals surface area contributed by atoms with E-state index in [2.05, 4.69) is 31.0 Å². The number of anilines is 2. The molecule has 0 bridgehead atoms. The maximum Gasteiger partial charge on any atom is 0.230 e. The summed E-state index contributed by atoms with van der Waals surface area (Å²) in [6.07, 6.45) is 8.52. The van der Waals surface area contributed by atoms with Crippen LogP contribution in [0.25, 0.3) is 21.8 Å². The molecule has 0 unspecified atom stereocenters. The van der Waals surface area contributed by atoms with Gasteiger partial charge in [0, 0.05) is 60.1 Å². The highest BCUT2D eigenvalue weighted by molar-refractivity contribution is 5.96. The lowest BCUT2D eigenvalue weighted by Crippen LogP contribution is -2.18. The number of benzene rings is 2. The summed E-state index contributed by atoms with van der Waals surface area (Å²) in [7, 11) is 3.97. The average Bonchev–Trinajstić information content (AvgIpc) is 3.56. The Hall–Kier alpha value is -5.38. The molecule has 4 aromatic heterocycles. The SMILES string of the molecule is Cn1cc(CC(=O)Nc2ccc([C@@H]3CCC[C@H](c4ccc(NC(=O)Cc5cn(C)c6ccccc56)nn4)C3)nn2)c2ccccc21. The maximum absolute atomic E-state index is 12.8. The molecule has 10 nitrogen and oxygen atoms in total. The van der Waals surface area contributed by atoms with Gasteiger partial charge in [-0.2, -0.15) is 10.2 Å². The van der Waals surface area contributed by atoms with Crippen LogP contribution in [0.2, 0.25) is 0 Å². The third-order valence-electron chi connectivity index (χ3n) is 9.08. The van der Waals surface area contributed by atoms with E-state index in [1.807, 2.05) is 108 Å². The first-order valence-corrected chi connectivity index (χ1v) is 15.7. The van der Waals surface area contributed by atoms with Crippen molar-refractivity contribution in [3.8, 4) is 0 Å². The molecule has 0 spiro atoms. The van der Waals surface area contributed by atoms with Crippen LogP contribution in [0, 0.1) is 0 Å². The lowest BCUT2D eigenvalue weighted by Gasteiger charge is -2.28. The van der Waals surface area contributed by atoms with E-state index in [1.54, 1.807) is 0 Å². The zero-order chi connectivity index (χ0) is 31.6. The zero-order valence-electron chi connectivity index (χ0n) is 26.0. The van der Waals surface area contributed by atoms with Crippen LogP contribution >= 0.6 is 0 Å². The molecule has 1 aliphatic rings. The highest BCUT2D eigenvalue weighted by Gasteiger charge is 2.27. The Labute approximate surface area is 266 Å². The minimum atomic E-state index is -0.122. The van der Waals surface area contributed by atoms with Crippen molar-refractivity contribution in [2.45, 2.75) is 50.4 Å². The molecule has 0 aliphatic heterocycles. The van der Waals surface area contributed by atoms with Crippen molar-refractivity contribution in [3.63, 3.8) is 0 Å². The number of para-hydroxylation sites is 2. The molecule has 0 radical (unpaired) electrons. The molecule has 7 rings (SSSR count). The third kappa shape index (κ3) is 6.10. The maximum atomic E-state index is 12.8. The number of hydrogen-bond acceptors (Lipinski definition) is 6. The molecule has 1 fully saturated rings. The average molecular weight is 613 g/mol.